The van der Waals surface area contributed by atoms with Crippen molar-refractivity contribution in [2.75, 3.05) is 12.8 Å². The van der Waals surface area contributed by atoms with Crippen molar-refractivity contribution in [1.82, 2.24) is 0 Å². The number of ether oxygens (including phenoxy) is 1. The smallest absolute Gasteiger partial charge is 0.223 e. The average molecular weight is 524 g/mol. The molecule has 0 spiro atoms. The summed E-state index contributed by atoms with van der Waals surface area (Å²) >= 11 is -0.106. The van der Waals surface area contributed by atoms with E-state index in [2.05, 4.69) is 84.9 Å². The molecule has 0 aliphatic carbocycles. The van der Waals surface area contributed by atoms with E-state index in [1.807, 2.05) is 6.07 Å². The topological polar surface area (TPSA) is 21.6 Å². The SMILES string of the molecule is [Cl][Pd][Cl].c1ccc(C2COC(C[PH+](c3ccccc3)c3ccccc3)=N2)cc1. The van der Waals surface area contributed by atoms with Gasteiger partial charge >= 0.3 is 35.0 Å². The van der Waals surface area contributed by atoms with E-state index in [1.165, 1.54) is 16.2 Å². The Hall–Kier alpha value is -1.20. The monoisotopic (exact) mass is 522 g/mol. The molecule has 3 aromatic rings. The Morgan fingerprint density at radius 1 is 0.821 bits per heavy atom. The van der Waals surface area contributed by atoms with Gasteiger partial charge in [0.05, 0.1) is 18.5 Å². The number of halogens is 2. The van der Waals surface area contributed by atoms with Crippen LogP contribution < -0.4 is 10.6 Å². The van der Waals surface area contributed by atoms with Gasteiger partial charge in [-0.3, -0.25) is 0 Å². The largest absolute Gasteiger partial charge is 0.476 e. The van der Waals surface area contributed by atoms with E-state index in [0.29, 0.717) is 6.61 Å². The van der Waals surface area contributed by atoms with Crippen molar-refractivity contribution in [3.8, 4) is 0 Å². The first-order chi connectivity index (χ1) is 13.8. The fourth-order valence-electron chi connectivity index (χ4n) is 3.17. The summed E-state index contributed by atoms with van der Waals surface area (Å²) in [5.41, 5.74) is 1.23. The molecule has 6 heteroatoms. The molecule has 3 aromatic carbocycles. The van der Waals surface area contributed by atoms with Gasteiger partial charge in [-0.15, -0.1) is 0 Å². The van der Waals surface area contributed by atoms with Crippen LogP contribution in [0, 0.1) is 0 Å². The minimum atomic E-state index is -0.943. The van der Waals surface area contributed by atoms with Crippen LogP contribution in [0.15, 0.2) is 96.0 Å². The second-order valence-electron chi connectivity index (χ2n) is 6.19. The van der Waals surface area contributed by atoms with Gasteiger partial charge in [-0.25, -0.2) is 4.99 Å². The number of hydrogen-bond donors (Lipinski definition) is 0. The van der Waals surface area contributed by atoms with Gasteiger partial charge in [-0.05, 0) is 29.8 Å². The minimum Gasteiger partial charge on any atom is -0.476 e. The van der Waals surface area contributed by atoms with Gasteiger partial charge in [0.25, 0.3) is 0 Å². The van der Waals surface area contributed by atoms with E-state index < -0.39 is 7.92 Å². The van der Waals surface area contributed by atoms with Crippen LogP contribution in [0.25, 0.3) is 0 Å². The molecule has 1 aliphatic rings. The number of rotatable bonds is 5. The minimum absolute atomic E-state index is 0.106. The van der Waals surface area contributed by atoms with Crippen LogP contribution in [-0.2, 0) is 20.7 Å². The van der Waals surface area contributed by atoms with Gasteiger partial charge in [0.15, 0.2) is 0 Å². The van der Waals surface area contributed by atoms with Crippen LogP contribution in [0.1, 0.15) is 11.6 Å². The van der Waals surface area contributed by atoms with E-state index in [9.17, 15) is 0 Å². The molecule has 1 unspecified atom stereocenters. The van der Waals surface area contributed by atoms with Gasteiger partial charge in [-0.2, -0.15) is 0 Å². The maximum atomic E-state index is 5.97. The van der Waals surface area contributed by atoms with Crippen molar-refractivity contribution >= 4 is 43.5 Å². The van der Waals surface area contributed by atoms with Crippen molar-refractivity contribution in [1.29, 1.82) is 0 Å². The summed E-state index contributed by atoms with van der Waals surface area (Å²) < 4.78 is 5.97. The molecule has 4 rings (SSSR count). The molecule has 1 atom stereocenters. The quantitative estimate of drug-likeness (QED) is 0.324. The predicted octanol–water partition coefficient (Wildman–Crippen LogP) is 5.40. The van der Waals surface area contributed by atoms with E-state index in [4.69, 9.17) is 28.8 Å². The third-order valence-corrected chi connectivity index (χ3v) is 7.18. The molecule has 148 valence electrons. The molecule has 0 radical (unpaired) electrons. The molecule has 0 saturated heterocycles. The van der Waals surface area contributed by atoms with E-state index >= 15 is 0 Å². The Morgan fingerprint density at radius 3 is 1.79 bits per heavy atom. The van der Waals surface area contributed by atoms with Crippen molar-refractivity contribution < 1.29 is 20.7 Å². The van der Waals surface area contributed by atoms with Crippen molar-refractivity contribution in [3.63, 3.8) is 0 Å². The van der Waals surface area contributed by atoms with E-state index in [1.54, 1.807) is 0 Å². The number of benzene rings is 3. The number of nitrogens with zero attached hydrogens (tertiary/aromatic N) is 1. The zero-order chi connectivity index (χ0) is 19.6. The number of hydrogen-bond acceptors (Lipinski definition) is 2. The summed E-state index contributed by atoms with van der Waals surface area (Å²) in [6, 6.07) is 32.1. The normalized spacial score (nSPS) is 15.5. The van der Waals surface area contributed by atoms with Gasteiger partial charge in [0.1, 0.15) is 18.8 Å². The molecular weight excluding hydrogens is 503 g/mol. The Morgan fingerprint density at radius 2 is 1.29 bits per heavy atom. The molecule has 0 N–H and O–H groups in total. The maximum absolute atomic E-state index is 5.97. The molecular formula is C22H21Cl2NOPPd+. The molecule has 0 amide bonds. The molecule has 0 fully saturated rings. The fraction of sp³-hybridized carbons (Fsp3) is 0.136. The third-order valence-electron chi connectivity index (χ3n) is 4.46. The van der Waals surface area contributed by atoms with Crippen LogP contribution in [0.5, 0.6) is 0 Å². The summed E-state index contributed by atoms with van der Waals surface area (Å²) in [6.07, 6.45) is 0.891. The zero-order valence-electron chi connectivity index (χ0n) is 15.1. The van der Waals surface area contributed by atoms with Crippen LogP contribution in [0.3, 0.4) is 0 Å². The molecule has 0 saturated carbocycles. The Kier molecular flexibility index (Phi) is 9.00. The van der Waals surface area contributed by atoms with Crippen LogP contribution >= 0.6 is 27.0 Å². The standard InChI is InChI=1S/C22H20NOP.2ClH.Pd/c1-4-10-18(11-5-1)21-16-24-22(23-21)17-25(19-12-6-2-7-13-19)20-14-8-3-9-15-20;;;/h1-15,21H,16-17H2;2*1H;/q;;;+2/p-1. The first-order valence-corrected chi connectivity index (χ1v) is 14.6. The predicted molar refractivity (Wildman–Crippen MR) is 120 cm³/mol. The molecule has 2 nitrogen and oxygen atoms in total. The van der Waals surface area contributed by atoms with E-state index in [0.717, 1.165) is 12.1 Å². The molecule has 1 heterocycles. The first kappa shape index (κ1) is 21.5. The first-order valence-electron chi connectivity index (χ1n) is 8.85. The fourth-order valence-corrected chi connectivity index (χ4v) is 5.59. The second-order valence-corrected chi connectivity index (χ2v) is 11.0. The zero-order valence-corrected chi connectivity index (χ0v) is 19.1. The van der Waals surface area contributed by atoms with Gasteiger partial charge < -0.3 is 4.74 Å². The van der Waals surface area contributed by atoms with Gasteiger partial charge in [-0.1, -0.05) is 66.7 Å². The number of aliphatic imine (C=N–C) groups is 1. The van der Waals surface area contributed by atoms with Gasteiger partial charge in [0, 0.05) is 0 Å². The summed E-state index contributed by atoms with van der Waals surface area (Å²) in [4.78, 5) is 4.87. The average Bonchev–Trinajstić information content (AvgIpc) is 3.23. The maximum Gasteiger partial charge on any atom is 0.223 e. The Balaban J connectivity index is 0.000000706. The molecule has 28 heavy (non-hydrogen) atoms. The van der Waals surface area contributed by atoms with Gasteiger partial charge in [0.2, 0.25) is 5.90 Å². The molecule has 0 bridgehead atoms. The summed E-state index contributed by atoms with van der Waals surface area (Å²) in [5, 5.41) is 2.79. The Bertz CT molecular complexity index is 826. The molecule has 0 aromatic heterocycles. The van der Waals surface area contributed by atoms with Crippen molar-refractivity contribution in [2.24, 2.45) is 4.99 Å². The Labute approximate surface area is 183 Å². The second kappa shape index (κ2) is 11.7. The summed E-state index contributed by atoms with van der Waals surface area (Å²) in [7, 11) is 8.68. The van der Waals surface area contributed by atoms with E-state index in [-0.39, 0.29) is 22.0 Å². The molecule has 1 aliphatic heterocycles. The van der Waals surface area contributed by atoms with Crippen molar-refractivity contribution in [3.05, 3.63) is 96.6 Å². The summed E-state index contributed by atoms with van der Waals surface area (Å²) in [5.74, 6) is 0.899. The van der Waals surface area contributed by atoms with Crippen LogP contribution in [0.4, 0.5) is 0 Å². The van der Waals surface area contributed by atoms with Crippen LogP contribution in [0.2, 0.25) is 0 Å². The van der Waals surface area contributed by atoms with Crippen LogP contribution in [-0.4, -0.2) is 18.7 Å². The third kappa shape index (κ3) is 6.15. The van der Waals surface area contributed by atoms with Crippen molar-refractivity contribution in [2.45, 2.75) is 6.04 Å². The summed E-state index contributed by atoms with van der Waals surface area (Å²) in [6.45, 7) is 0.651.